The summed E-state index contributed by atoms with van der Waals surface area (Å²) in [6.45, 7) is 1.93. The highest BCUT2D eigenvalue weighted by Crippen LogP contribution is 2.27. The zero-order valence-corrected chi connectivity index (χ0v) is 8.85. The molecular weight excluding hydrogens is 219 g/mol. The van der Waals surface area contributed by atoms with Crippen LogP contribution in [0.2, 0.25) is 0 Å². The van der Waals surface area contributed by atoms with Crippen molar-refractivity contribution in [3.8, 4) is 0 Å². The number of aromatic nitrogens is 1. The molecule has 0 aromatic carbocycles. The van der Waals surface area contributed by atoms with Gasteiger partial charge in [0, 0.05) is 15.8 Å². The Morgan fingerprint density at radius 2 is 2.33 bits per heavy atom. The lowest BCUT2D eigenvalue weighted by molar-refractivity contribution is -0.0792. The van der Waals surface area contributed by atoms with Gasteiger partial charge in [-0.2, -0.15) is 0 Å². The second-order valence-corrected chi connectivity index (χ2v) is 4.35. The molecule has 82 valence electrons. The van der Waals surface area contributed by atoms with Crippen molar-refractivity contribution < 1.29 is 14.3 Å². The fourth-order valence-corrected chi connectivity index (χ4v) is 2.64. The Labute approximate surface area is 90.4 Å². The van der Waals surface area contributed by atoms with E-state index in [0.717, 1.165) is 30.9 Å². The van der Waals surface area contributed by atoms with Crippen LogP contribution < -0.4 is 5.32 Å². The van der Waals surface area contributed by atoms with Gasteiger partial charge in [0.25, 0.3) is 0 Å². The molecule has 0 atom stereocenters. The summed E-state index contributed by atoms with van der Waals surface area (Å²) in [7, 11) is 0. The quantitative estimate of drug-likeness (QED) is 0.839. The standard InChI is InChI=1S/C9H11FN2O2S/c10-14-9(13)7-5-15-8(12-7)6-1-3-11-4-2-6/h5-6,11H,1-4H2. The molecule has 0 saturated carbocycles. The first kappa shape index (κ1) is 10.5. The molecule has 1 aromatic heterocycles. The first-order valence-corrected chi connectivity index (χ1v) is 5.68. The molecule has 1 aliphatic rings. The summed E-state index contributed by atoms with van der Waals surface area (Å²) in [6, 6.07) is 0. The SMILES string of the molecule is O=C(OF)c1csc(C2CCNCC2)n1. The van der Waals surface area contributed by atoms with Gasteiger partial charge in [-0.1, -0.05) is 0 Å². The molecule has 0 unspecified atom stereocenters. The normalized spacial score (nSPS) is 17.7. The Balaban J connectivity index is 2.08. The largest absolute Gasteiger partial charge is 0.398 e. The number of hydrogen-bond donors (Lipinski definition) is 1. The number of halogens is 1. The Hall–Kier alpha value is -1.01. The number of carbonyl (C=O) groups excluding carboxylic acids is 1. The molecule has 2 heterocycles. The average molecular weight is 230 g/mol. The van der Waals surface area contributed by atoms with Crippen molar-refractivity contribution in [3.05, 3.63) is 16.1 Å². The molecule has 15 heavy (non-hydrogen) atoms. The summed E-state index contributed by atoms with van der Waals surface area (Å²) in [5, 5.41) is 5.69. The van der Waals surface area contributed by atoms with Crippen LogP contribution in [0.1, 0.15) is 34.3 Å². The van der Waals surface area contributed by atoms with E-state index in [1.165, 1.54) is 11.3 Å². The summed E-state index contributed by atoms with van der Waals surface area (Å²) in [6.07, 6.45) is 2.02. The van der Waals surface area contributed by atoms with E-state index in [0.29, 0.717) is 5.92 Å². The molecule has 1 N–H and O–H groups in total. The maximum Gasteiger partial charge on any atom is 0.398 e. The van der Waals surface area contributed by atoms with E-state index < -0.39 is 5.97 Å². The van der Waals surface area contributed by atoms with Crippen LogP contribution in [0.3, 0.4) is 0 Å². The summed E-state index contributed by atoms with van der Waals surface area (Å²) in [4.78, 5) is 18.1. The van der Waals surface area contributed by atoms with Gasteiger partial charge in [-0.25, -0.2) is 14.7 Å². The van der Waals surface area contributed by atoms with Gasteiger partial charge in [0.1, 0.15) is 0 Å². The molecule has 0 aliphatic carbocycles. The second kappa shape index (κ2) is 4.67. The second-order valence-electron chi connectivity index (χ2n) is 3.46. The molecule has 2 rings (SSSR count). The van der Waals surface area contributed by atoms with Crippen molar-refractivity contribution in [2.24, 2.45) is 0 Å². The van der Waals surface area contributed by atoms with E-state index in [1.807, 2.05) is 0 Å². The minimum atomic E-state index is -1.01. The zero-order valence-electron chi connectivity index (χ0n) is 8.03. The predicted octanol–water partition coefficient (Wildman–Crippen LogP) is 1.65. The van der Waals surface area contributed by atoms with E-state index in [4.69, 9.17) is 0 Å². The van der Waals surface area contributed by atoms with Gasteiger partial charge in [0.15, 0.2) is 5.69 Å². The predicted molar refractivity (Wildman–Crippen MR) is 53.5 cm³/mol. The summed E-state index contributed by atoms with van der Waals surface area (Å²) >= 11 is 1.39. The number of carbonyl (C=O) groups is 1. The van der Waals surface area contributed by atoms with E-state index in [9.17, 15) is 9.32 Å². The number of nitrogens with one attached hydrogen (secondary N) is 1. The van der Waals surface area contributed by atoms with Crippen LogP contribution in [0, 0.1) is 0 Å². The van der Waals surface area contributed by atoms with Gasteiger partial charge in [0.2, 0.25) is 0 Å². The first-order valence-electron chi connectivity index (χ1n) is 4.80. The third-order valence-corrected chi connectivity index (χ3v) is 3.50. The highest BCUT2D eigenvalue weighted by Gasteiger charge is 2.20. The minimum Gasteiger partial charge on any atom is -0.317 e. The fraction of sp³-hybridized carbons (Fsp3) is 0.556. The number of thiazole rings is 1. The highest BCUT2D eigenvalue weighted by atomic mass is 32.1. The lowest BCUT2D eigenvalue weighted by atomic mass is 9.99. The Kier molecular flexibility index (Phi) is 3.27. The van der Waals surface area contributed by atoms with Crippen LogP contribution in [-0.2, 0) is 4.94 Å². The molecule has 0 radical (unpaired) electrons. The van der Waals surface area contributed by atoms with Crippen LogP contribution in [0.5, 0.6) is 0 Å². The molecule has 6 heteroatoms. The lowest BCUT2D eigenvalue weighted by Crippen LogP contribution is -2.26. The molecule has 0 spiro atoms. The van der Waals surface area contributed by atoms with Gasteiger partial charge < -0.3 is 5.32 Å². The molecule has 1 aliphatic heterocycles. The van der Waals surface area contributed by atoms with Crippen molar-refractivity contribution in [1.82, 2.24) is 10.3 Å². The monoisotopic (exact) mass is 230 g/mol. The Morgan fingerprint density at radius 3 is 3.00 bits per heavy atom. The van der Waals surface area contributed by atoms with Crippen LogP contribution in [-0.4, -0.2) is 24.0 Å². The Morgan fingerprint density at radius 1 is 1.60 bits per heavy atom. The summed E-state index contributed by atoms with van der Waals surface area (Å²) in [5.41, 5.74) is 0.0658. The van der Waals surface area contributed by atoms with E-state index in [1.54, 1.807) is 5.38 Å². The lowest BCUT2D eigenvalue weighted by Gasteiger charge is -2.20. The van der Waals surface area contributed by atoms with E-state index >= 15 is 0 Å². The van der Waals surface area contributed by atoms with Gasteiger partial charge >= 0.3 is 5.97 Å². The maximum absolute atomic E-state index is 11.6. The molecular formula is C9H11FN2O2S. The molecule has 0 bridgehead atoms. The summed E-state index contributed by atoms with van der Waals surface area (Å²) in [5.74, 6) is -0.621. The van der Waals surface area contributed by atoms with Crippen molar-refractivity contribution in [1.29, 1.82) is 0 Å². The van der Waals surface area contributed by atoms with Crippen LogP contribution >= 0.6 is 11.3 Å². The highest BCUT2D eigenvalue weighted by molar-refractivity contribution is 7.09. The van der Waals surface area contributed by atoms with Crippen LogP contribution in [0.4, 0.5) is 4.53 Å². The Bertz CT molecular complexity index is 350. The maximum atomic E-state index is 11.6. The first-order chi connectivity index (χ1) is 7.31. The zero-order chi connectivity index (χ0) is 10.7. The van der Waals surface area contributed by atoms with Gasteiger partial charge in [-0.15, -0.1) is 11.3 Å². The molecule has 1 fully saturated rings. The van der Waals surface area contributed by atoms with Gasteiger partial charge in [-0.05, 0) is 25.9 Å². The number of nitrogens with zero attached hydrogens (tertiary/aromatic N) is 1. The van der Waals surface area contributed by atoms with Gasteiger partial charge in [-0.3, -0.25) is 0 Å². The van der Waals surface area contributed by atoms with Gasteiger partial charge in [0.05, 0.1) is 5.01 Å². The number of hydrogen-bond acceptors (Lipinski definition) is 5. The molecule has 4 nitrogen and oxygen atoms in total. The number of piperidine rings is 1. The number of rotatable bonds is 2. The third-order valence-electron chi connectivity index (χ3n) is 2.49. The van der Waals surface area contributed by atoms with E-state index in [-0.39, 0.29) is 5.69 Å². The topological polar surface area (TPSA) is 51.2 Å². The van der Waals surface area contributed by atoms with Crippen molar-refractivity contribution in [2.45, 2.75) is 18.8 Å². The third kappa shape index (κ3) is 2.32. The van der Waals surface area contributed by atoms with Crippen molar-refractivity contribution in [2.75, 3.05) is 13.1 Å². The van der Waals surface area contributed by atoms with E-state index in [2.05, 4.69) is 15.2 Å². The average Bonchev–Trinajstić information content (AvgIpc) is 2.78. The molecule has 0 amide bonds. The van der Waals surface area contributed by atoms with Crippen LogP contribution in [0.25, 0.3) is 0 Å². The van der Waals surface area contributed by atoms with Crippen LogP contribution in [0.15, 0.2) is 5.38 Å². The smallest absolute Gasteiger partial charge is 0.317 e. The molecule has 1 saturated heterocycles. The fourth-order valence-electron chi connectivity index (χ4n) is 1.68. The molecule has 1 aromatic rings. The summed E-state index contributed by atoms with van der Waals surface area (Å²) < 4.78 is 11.6. The van der Waals surface area contributed by atoms with Crippen molar-refractivity contribution >= 4 is 17.3 Å². The minimum absolute atomic E-state index is 0.0658. The van der Waals surface area contributed by atoms with Crippen molar-refractivity contribution in [3.63, 3.8) is 0 Å².